The fourth-order valence-corrected chi connectivity index (χ4v) is 2.05. The number of benzene rings is 1. The van der Waals surface area contributed by atoms with Crippen molar-refractivity contribution in [1.29, 1.82) is 0 Å². The topological polar surface area (TPSA) is 97.5 Å². The van der Waals surface area contributed by atoms with Gasteiger partial charge in [0.2, 0.25) is 0 Å². The Morgan fingerprint density at radius 2 is 2.00 bits per heavy atom. The maximum Gasteiger partial charge on any atom is 0.573 e. The van der Waals surface area contributed by atoms with Crippen molar-refractivity contribution in [2.24, 2.45) is 0 Å². The van der Waals surface area contributed by atoms with E-state index in [9.17, 15) is 28.4 Å². The van der Waals surface area contributed by atoms with Gasteiger partial charge < -0.3 is 15.2 Å². The van der Waals surface area contributed by atoms with Gasteiger partial charge in [-0.3, -0.25) is 10.1 Å². The van der Waals surface area contributed by atoms with Gasteiger partial charge in [-0.2, -0.15) is 0 Å². The molecule has 0 saturated heterocycles. The number of aryl methyl sites for hydroxylation is 1. The molecule has 1 atom stereocenters. The Morgan fingerprint density at radius 1 is 1.36 bits per heavy atom. The van der Waals surface area contributed by atoms with E-state index < -0.39 is 17.4 Å². The van der Waals surface area contributed by atoms with Crippen LogP contribution in [0.5, 0.6) is 5.75 Å². The summed E-state index contributed by atoms with van der Waals surface area (Å²) in [5, 5.41) is 23.6. The Kier molecular flexibility index (Phi) is 5.42. The Balaban J connectivity index is 1.98. The minimum absolute atomic E-state index is 0.0190. The molecule has 7 nitrogen and oxygen atoms in total. The molecule has 134 valence electrons. The highest BCUT2D eigenvalue weighted by Gasteiger charge is 2.31. The number of nitro groups is 1. The van der Waals surface area contributed by atoms with Crippen LogP contribution in [0.3, 0.4) is 0 Å². The highest BCUT2D eigenvalue weighted by molar-refractivity contribution is 5.48. The van der Waals surface area contributed by atoms with Crippen molar-refractivity contribution < 1.29 is 27.9 Å². The smallest absolute Gasteiger partial charge is 0.406 e. The van der Waals surface area contributed by atoms with Crippen LogP contribution >= 0.6 is 0 Å². The molecule has 1 aromatic heterocycles. The van der Waals surface area contributed by atoms with Crippen molar-refractivity contribution in [2.75, 3.05) is 11.9 Å². The molecular weight excluding hydrogens is 343 g/mol. The van der Waals surface area contributed by atoms with Crippen LogP contribution < -0.4 is 10.1 Å². The van der Waals surface area contributed by atoms with Gasteiger partial charge in [0, 0.05) is 12.6 Å². The zero-order chi connectivity index (χ0) is 18.6. The summed E-state index contributed by atoms with van der Waals surface area (Å²) < 4.78 is 40.0. The van der Waals surface area contributed by atoms with Crippen molar-refractivity contribution in [3.05, 3.63) is 57.8 Å². The van der Waals surface area contributed by atoms with E-state index in [1.54, 1.807) is 6.92 Å². The normalized spacial score (nSPS) is 12.5. The molecule has 1 aromatic carbocycles. The lowest BCUT2D eigenvalue weighted by Crippen LogP contribution is -2.17. The van der Waals surface area contributed by atoms with E-state index in [1.165, 1.54) is 18.2 Å². The van der Waals surface area contributed by atoms with Crippen LogP contribution in [0.15, 0.2) is 36.5 Å². The number of aliphatic hydroxyl groups is 1. The molecule has 0 aliphatic carbocycles. The van der Waals surface area contributed by atoms with E-state index in [4.69, 9.17) is 0 Å². The van der Waals surface area contributed by atoms with Gasteiger partial charge in [-0.25, -0.2) is 4.98 Å². The maximum atomic E-state index is 12.1. The molecule has 0 bridgehead atoms. The Bertz CT molecular complexity index is 751. The number of aliphatic hydroxyl groups excluding tert-OH is 1. The van der Waals surface area contributed by atoms with Crippen molar-refractivity contribution in [3.63, 3.8) is 0 Å². The monoisotopic (exact) mass is 357 g/mol. The second kappa shape index (κ2) is 7.34. The van der Waals surface area contributed by atoms with Crippen LogP contribution in [-0.4, -0.2) is 27.9 Å². The number of halogens is 3. The standard InChI is InChI=1S/C15H14F3N3O4/c1-9-6-11(21(23)24)7-19-14(9)20-8-13(22)10-2-4-12(5-3-10)25-15(16,17)18/h2-7,13,22H,8H2,1H3,(H,19,20). The average Bonchev–Trinajstić information content (AvgIpc) is 2.52. The molecule has 0 fully saturated rings. The molecule has 0 aliphatic heterocycles. The Labute approximate surface area is 140 Å². The fourth-order valence-electron chi connectivity index (χ4n) is 2.05. The SMILES string of the molecule is Cc1cc([N+](=O)[O-])cnc1NCC(O)c1ccc(OC(F)(F)F)cc1. The van der Waals surface area contributed by atoms with Crippen LogP contribution in [0.2, 0.25) is 0 Å². The number of alkyl halides is 3. The van der Waals surface area contributed by atoms with E-state index >= 15 is 0 Å². The first kappa shape index (κ1) is 18.5. The first-order valence-corrected chi connectivity index (χ1v) is 7.04. The predicted octanol–water partition coefficient (Wildman–Crippen LogP) is 3.34. The minimum Gasteiger partial charge on any atom is -0.406 e. The number of hydrogen-bond acceptors (Lipinski definition) is 6. The van der Waals surface area contributed by atoms with Gasteiger partial charge >= 0.3 is 6.36 Å². The molecule has 10 heteroatoms. The molecule has 0 saturated carbocycles. The lowest BCUT2D eigenvalue weighted by atomic mass is 10.1. The van der Waals surface area contributed by atoms with E-state index in [-0.39, 0.29) is 18.0 Å². The third-order valence-corrected chi connectivity index (χ3v) is 3.24. The van der Waals surface area contributed by atoms with Crippen molar-refractivity contribution >= 4 is 11.5 Å². The summed E-state index contributed by atoms with van der Waals surface area (Å²) in [6, 6.07) is 6.15. The van der Waals surface area contributed by atoms with Gasteiger partial charge in [-0.05, 0) is 30.2 Å². The van der Waals surface area contributed by atoms with E-state index in [0.29, 0.717) is 16.9 Å². The van der Waals surface area contributed by atoms with E-state index in [2.05, 4.69) is 15.0 Å². The van der Waals surface area contributed by atoms with Crippen molar-refractivity contribution in [2.45, 2.75) is 19.4 Å². The summed E-state index contributed by atoms with van der Waals surface area (Å²) in [6.45, 7) is 1.64. The second-order valence-electron chi connectivity index (χ2n) is 5.13. The number of pyridine rings is 1. The number of aromatic nitrogens is 1. The molecule has 0 radical (unpaired) electrons. The summed E-state index contributed by atoms with van der Waals surface area (Å²) in [4.78, 5) is 14.0. The summed E-state index contributed by atoms with van der Waals surface area (Å²) in [7, 11) is 0. The van der Waals surface area contributed by atoms with Crippen LogP contribution in [0.25, 0.3) is 0 Å². The molecule has 1 heterocycles. The lowest BCUT2D eigenvalue weighted by Gasteiger charge is -2.15. The van der Waals surface area contributed by atoms with Gasteiger partial charge in [-0.1, -0.05) is 12.1 Å². The van der Waals surface area contributed by atoms with Crippen LogP contribution in [0.4, 0.5) is 24.7 Å². The molecule has 2 rings (SSSR count). The summed E-state index contributed by atoms with van der Waals surface area (Å²) in [5.41, 5.74) is 0.751. The molecule has 0 aliphatic rings. The number of hydrogen-bond donors (Lipinski definition) is 2. The molecule has 25 heavy (non-hydrogen) atoms. The van der Waals surface area contributed by atoms with Crippen LogP contribution in [0, 0.1) is 17.0 Å². The molecule has 2 N–H and O–H groups in total. The predicted molar refractivity (Wildman–Crippen MR) is 82.2 cm³/mol. The summed E-state index contributed by atoms with van der Waals surface area (Å²) in [6.07, 6.45) is -4.71. The quantitative estimate of drug-likeness (QED) is 0.608. The van der Waals surface area contributed by atoms with Gasteiger partial charge in [0.15, 0.2) is 0 Å². The maximum absolute atomic E-state index is 12.1. The third-order valence-electron chi connectivity index (χ3n) is 3.24. The highest BCUT2D eigenvalue weighted by atomic mass is 19.4. The van der Waals surface area contributed by atoms with Crippen molar-refractivity contribution in [3.8, 4) is 5.75 Å². The number of nitrogens with zero attached hydrogens (tertiary/aromatic N) is 2. The summed E-state index contributed by atoms with van der Waals surface area (Å²) in [5.74, 6) is -0.0223. The number of nitrogens with one attached hydrogen (secondary N) is 1. The number of anilines is 1. The molecule has 2 aromatic rings. The van der Waals surface area contributed by atoms with Gasteiger partial charge in [0.25, 0.3) is 5.69 Å². The Morgan fingerprint density at radius 3 is 2.52 bits per heavy atom. The van der Waals surface area contributed by atoms with Gasteiger partial charge in [-0.15, -0.1) is 13.2 Å². The van der Waals surface area contributed by atoms with Gasteiger partial charge in [0.05, 0.1) is 11.0 Å². The van der Waals surface area contributed by atoms with Crippen molar-refractivity contribution in [1.82, 2.24) is 4.98 Å². The number of ether oxygens (including phenoxy) is 1. The first-order chi connectivity index (χ1) is 11.7. The largest absolute Gasteiger partial charge is 0.573 e. The molecule has 1 unspecified atom stereocenters. The lowest BCUT2D eigenvalue weighted by molar-refractivity contribution is -0.385. The first-order valence-electron chi connectivity index (χ1n) is 7.04. The molecular formula is C15H14F3N3O4. The molecule has 0 amide bonds. The Hall–Kier alpha value is -2.88. The summed E-state index contributed by atoms with van der Waals surface area (Å²) >= 11 is 0. The zero-order valence-electron chi connectivity index (χ0n) is 12.9. The van der Waals surface area contributed by atoms with Gasteiger partial charge in [0.1, 0.15) is 17.8 Å². The average molecular weight is 357 g/mol. The number of rotatable bonds is 6. The van der Waals surface area contributed by atoms with E-state index in [1.807, 2.05) is 0 Å². The highest BCUT2D eigenvalue weighted by Crippen LogP contribution is 2.25. The third kappa shape index (κ3) is 5.31. The van der Waals surface area contributed by atoms with Crippen LogP contribution in [-0.2, 0) is 0 Å². The minimum atomic E-state index is -4.78. The van der Waals surface area contributed by atoms with Crippen LogP contribution in [0.1, 0.15) is 17.2 Å². The zero-order valence-corrected chi connectivity index (χ0v) is 12.9. The van der Waals surface area contributed by atoms with E-state index in [0.717, 1.165) is 18.3 Å². The molecule has 0 spiro atoms. The fraction of sp³-hybridized carbons (Fsp3) is 0.267. The second-order valence-corrected chi connectivity index (χ2v) is 5.13.